The Morgan fingerprint density at radius 2 is 1.47 bits per heavy atom. The number of halogens is 4. The Labute approximate surface area is 253 Å². The molecule has 0 saturated carbocycles. The average molecular weight is 654 g/mol. The molecule has 0 amide bonds. The molecule has 0 spiro atoms. The molecule has 0 heterocycles. The molecule has 0 fully saturated rings. The van der Waals surface area contributed by atoms with Crippen LogP contribution < -0.4 is 4.18 Å². The zero-order valence-corrected chi connectivity index (χ0v) is 24.9. The van der Waals surface area contributed by atoms with E-state index in [1.165, 1.54) is 12.1 Å². The van der Waals surface area contributed by atoms with E-state index in [2.05, 4.69) is 9.08 Å². The molecule has 7 nitrogen and oxygen atoms in total. The number of sulfone groups is 1. The van der Waals surface area contributed by atoms with Crippen LogP contribution in [0.15, 0.2) is 113 Å². The second-order valence-electron chi connectivity index (χ2n) is 9.65. The van der Waals surface area contributed by atoms with Crippen LogP contribution in [0.1, 0.15) is 22.8 Å². The highest BCUT2D eigenvalue weighted by atomic mass is 35.5. The number of aliphatic hydroxyl groups is 1. The molecule has 1 atom stereocenters. The lowest BCUT2D eigenvalue weighted by atomic mass is 10.1. The van der Waals surface area contributed by atoms with Crippen LogP contribution in [0.2, 0.25) is 5.02 Å². The van der Waals surface area contributed by atoms with E-state index in [-0.39, 0.29) is 4.90 Å². The zero-order valence-electron chi connectivity index (χ0n) is 22.5. The summed E-state index contributed by atoms with van der Waals surface area (Å²) in [7, 11) is -10.2. The first-order valence-corrected chi connectivity index (χ1v) is 16.2. The molecule has 4 aromatic carbocycles. The first-order valence-electron chi connectivity index (χ1n) is 12.9. The third kappa shape index (κ3) is 8.58. The van der Waals surface area contributed by atoms with Crippen molar-refractivity contribution in [1.82, 2.24) is 4.90 Å². The molecule has 0 aliphatic rings. The fraction of sp³-hybridized carbons (Fsp3) is 0.200. The minimum atomic E-state index is -5.96. The predicted octanol–water partition coefficient (Wildman–Crippen LogP) is 6.18. The van der Waals surface area contributed by atoms with E-state index in [1.54, 1.807) is 36.4 Å². The molecule has 4 rings (SSSR count). The van der Waals surface area contributed by atoms with Gasteiger partial charge in [-0.1, -0.05) is 72.3 Å². The fourth-order valence-electron chi connectivity index (χ4n) is 4.27. The van der Waals surface area contributed by atoms with Crippen molar-refractivity contribution < 1.29 is 39.3 Å². The maximum absolute atomic E-state index is 13.1. The molecule has 0 aliphatic heterocycles. The van der Waals surface area contributed by atoms with Gasteiger partial charge < -0.3 is 9.29 Å². The predicted molar refractivity (Wildman–Crippen MR) is 156 cm³/mol. The van der Waals surface area contributed by atoms with Crippen molar-refractivity contribution in [3.63, 3.8) is 0 Å². The molecule has 0 saturated heterocycles. The standard InChI is InChI=1S/C30H27ClF3NO6S2/c31-25-9-4-8-24(18-25)29(36)21-35(20-23-6-2-1-3-7-23)17-16-22-12-14-27(15-13-22)42(37,38)28-11-5-10-26(19-28)41-43(39,40)30(32,33)34/h1-15,18-19,29,36H,16-17,20-21H2/t29-/m0/s1. The van der Waals surface area contributed by atoms with E-state index in [9.17, 15) is 35.1 Å². The summed E-state index contributed by atoms with van der Waals surface area (Å²) in [6.07, 6.45) is -0.269. The summed E-state index contributed by atoms with van der Waals surface area (Å²) < 4.78 is 91.0. The highest BCUT2D eigenvalue weighted by Crippen LogP contribution is 2.30. The number of hydrogen-bond donors (Lipinski definition) is 1. The molecular formula is C30H27ClF3NO6S2. The van der Waals surface area contributed by atoms with Crippen LogP contribution in [0.3, 0.4) is 0 Å². The Balaban J connectivity index is 1.47. The van der Waals surface area contributed by atoms with Crippen LogP contribution in [0.5, 0.6) is 5.75 Å². The Bertz CT molecular complexity index is 1750. The number of alkyl halides is 3. The van der Waals surface area contributed by atoms with Gasteiger partial charge in [0.15, 0.2) is 0 Å². The summed E-state index contributed by atoms with van der Waals surface area (Å²) in [5, 5.41) is 11.4. The topological polar surface area (TPSA) is 101 Å². The van der Waals surface area contributed by atoms with Gasteiger partial charge in [0, 0.05) is 30.7 Å². The molecular weight excluding hydrogens is 627 g/mol. The molecule has 43 heavy (non-hydrogen) atoms. The molecule has 1 N–H and O–H groups in total. The molecule has 0 bridgehead atoms. The van der Waals surface area contributed by atoms with E-state index in [1.807, 2.05) is 30.3 Å². The number of nitrogens with zero attached hydrogens (tertiary/aromatic N) is 1. The maximum Gasteiger partial charge on any atom is 0.534 e. The molecule has 0 aliphatic carbocycles. The third-order valence-corrected chi connectivity index (χ3v) is 9.45. The fourth-order valence-corrected chi connectivity index (χ4v) is 6.21. The normalized spacial score (nSPS) is 13.2. The third-order valence-electron chi connectivity index (χ3n) is 6.47. The van der Waals surface area contributed by atoms with Crippen LogP contribution in [-0.2, 0) is 32.9 Å². The van der Waals surface area contributed by atoms with Gasteiger partial charge in [-0.3, -0.25) is 4.90 Å². The Morgan fingerprint density at radius 1 is 0.791 bits per heavy atom. The van der Waals surface area contributed by atoms with Crippen LogP contribution in [0.25, 0.3) is 0 Å². The summed E-state index contributed by atoms with van der Waals surface area (Å²) >= 11 is 6.09. The van der Waals surface area contributed by atoms with E-state index in [0.717, 1.165) is 35.4 Å². The number of aliphatic hydroxyl groups excluding tert-OH is 1. The minimum absolute atomic E-state index is 0.135. The summed E-state index contributed by atoms with van der Waals surface area (Å²) in [6.45, 7) is 1.42. The van der Waals surface area contributed by atoms with Gasteiger partial charge in [-0.05, 0) is 59.5 Å². The van der Waals surface area contributed by atoms with Crippen LogP contribution in [0.4, 0.5) is 13.2 Å². The van der Waals surface area contributed by atoms with Crippen LogP contribution >= 0.6 is 11.6 Å². The van der Waals surface area contributed by atoms with Crippen LogP contribution in [0, 0.1) is 0 Å². The number of hydrogen-bond acceptors (Lipinski definition) is 7. The van der Waals surface area contributed by atoms with Gasteiger partial charge in [0.1, 0.15) is 5.75 Å². The van der Waals surface area contributed by atoms with Crippen molar-refractivity contribution in [3.8, 4) is 5.75 Å². The molecule has 4 aromatic rings. The van der Waals surface area contributed by atoms with E-state index in [0.29, 0.717) is 36.6 Å². The smallest absolute Gasteiger partial charge is 0.387 e. The second-order valence-corrected chi connectivity index (χ2v) is 13.6. The lowest BCUT2D eigenvalue weighted by molar-refractivity contribution is -0.0500. The van der Waals surface area contributed by atoms with Gasteiger partial charge in [-0.2, -0.15) is 21.6 Å². The summed E-state index contributed by atoms with van der Waals surface area (Å²) in [6, 6.07) is 26.6. The molecule has 228 valence electrons. The number of rotatable bonds is 12. The van der Waals surface area contributed by atoms with E-state index in [4.69, 9.17) is 11.6 Å². The largest absolute Gasteiger partial charge is 0.534 e. The van der Waals surface area contributed by atoms with E-state index >= 15 is 0 Å². The lowest BCUT2D eigenvalue weighted by Gasteiger charge is -2.25. The Morgan fingerprint density at radius 3 is 2.12 bits per heavy atom. The van der Waals surface area contributed by atoms with Gasteiger partial charge in [0.05, 0.1) is 15.9 Å². The van der Waals surface area contributed by atoms with Crippen molar-refractivity contribution in [2.24, 2.45) is 0 Å². The summed E-state index contributed by atoms with van der Waals surface area (Å²) in [4.78, 5) is 1.51. The van der Waals surface area contributed by atoms with Crippen LogP contribution in [-0.4, -0.2) is 45.4 Å². The zero-order chi connectivity index (χ0) is 31.3. The first kappa shape index (κ1) is 32.5. The highest BCUT2D eigenvalue weighted by molar-refractivity contribution is 7.91. The monoisotopic (exact) mass is 653 g/mol. The van der Waals surface area contributed by atoms with Crippen molar-refractivity contribution in [3.05, 3.63) is 125 Å². The van der Waals surface area contributed by atoms with Gasteiger partial charge >= 0.3 is 15.6 Å². The van der Waals surface area contributed by atoms with E-state index < -0.39 is 42.2 Å². The number of benzene rings is 4. The molecule has 0 aromatic heterocycles. The molecule has 13 heteroatoms. The quantitative estimate of drug-likeness (QED) is 0.144. The van der Waals surface area contributed by atoms with Crippen molar-refractivity contribution in [2.45, 2.75) is 34.4 Å². The Hall–Kier alpha value is -3.42. The second kappa shape index (κ2) is 13.5. The summed E-state index contributed by atoms with van der Waals surface area (Å²) in [5.74, 6) is -0.784. The average Bonchev–Trinajstić information content (AvgIpc) is 2.96. The molecule has 0 radical (unpaired) electrons. The van der Waals surface area contributed by atoms with Gasteiger partial charge in [0.25, 0.3) is 0 Å². The Kier molecular flexibility index (Phi) is 10.2. The maximum atomic E-state index is 13.1. The van der Waals surface area contributed by atoms with Crippen molar-refractivity contribution in [1.29, 1.82) is 0 Å². The first-order chi connectivity index (χ1) is 20.2. The van der Waals surface area contributed by atoms with Gasteiger partial charge in [-0.15, -0.1) is 0 Å². The van der Waals surface area contributed by atoms with Crippen molar-refractivity contribution >= 4 is 31.6 Å². The van der Waals surface area contributed by atoms with Crippen molar-refractivity contribution in [2.75, 3.05) is 13.1 Å². The SMILES string of the molecule is O=S(=O)(c1ccc(CCN(Cc2ccccc2)C[C@H](O)c2cccc(Cl)c2)cc1)c1cccc(OS(=O)(=O)C(F)(F)F)c1. The summed E-state index contributed by atoms with van der Waals surface area (Å²) in [5.41, 5.74) is -3.12. The highest BCUT2D eigenvalue weighted by Gasteiger charge is 2.48. The molecule has 0 unspecified atom stereocenters. The minimum Gasteiger partial charge on any atom is -0.387 e. The van der Waals surface area contributed by atoms with Gasteiger partial charge in [0.2, 0.25) is 9.84 Å². The van der Waals surface area contributed by atoms with Gasteiger partial charge in [-0.25, -0.2) is 8.42 Å². The lowest BCUT2D eigenvalue weighted by Crippen LogP contribution is -2.30.